The molecule has 5 nitrogen and oxygen atoms in total. The van der Waals surface area contributed by atoms with E-state index in [9.17, 15) is 9.59 Å². The fourth-order valence-corrected chi connectivity index (χ4v) is 2.44. The fraction of sp³-hybridized carbons (Fsp3) is 0.222. The Kier molecular flexibility index (Phi) is 6.84. The summed E-state index contributed by atoms with van der Waals surface area (Å²) in [4.78, 5) is 24.1. The Balaban J connectivity index is 2.05. The minimum atomic E-state index is -0.720. The predicted octanol–water partition coefficient (Wildman–Crippen LogP) is 4.69. The van der Waals surface area contributed by atoms with Gasteiger partial charge in [-0.2, -0.15) is 0 Å². The van der Waals surface area contributed by atoms with Gasteiger partial charge in [0.25, 0.3) is 5.91 Å². The first-order chi connectivity index (χ1) is 11.9. The summed E-state index contributed by atoms with van der Waals surface area (Å²) in [7, 11) is 0. The summed E-state index contributed by atoms with van der Waals surface area (Å²) in [6.07, 6.45) is -0.720. The monoisotopic (exact) mass is 425 g/mol. The van der Waals surface area contributed by atoms with Gasteiger partial charge in [0.15, 0.2) is 6.10 Å². The average molecular weight is 427 g/mol. The number of anilines is 1. The van der Waals surface area contributed by atoms with Gasteiger partial charge in [-0.25, -0.2) is 4.79 Å². The van der Waals surface area contributed by atoms with E-state index in [1.54, 1.807) is 32.0 Å². The van der Waals surface area contributed by atoms with Gasteiger partial charge >= 0.3 is 5.97 Å². The first-order valence-corrected chi connectivity index (χ1v) is 8.77. The highest BCUT2D eigenvalue weighted by Gasteiger charge is 2.17. The molecule has 1 atom stereocenters. The van der Waals surface area contributed by atoms with Crippen molar-refractivity contribution in [2.45, 2.75) is 20.0 Å². The molecule has 132 valence electrons. The van der Waals surface area contributed by atoms with Gasteiger partial charge in [0.2, 0.25) is 0 Å². The molecule has 0 spiro atoms. The van der Waals surface area contributed by atoms with Gasteiger partial charge in [0.05, 0.1) is 17.2 Å². The van der Waals surface area contributed by atoms with Crippen LogP contribution in [0.3, 0.4) is 0 Å². The van der Waals surface area contributed by atoms with Crippen LogP contribution in [0.1, 0.15) is 24.2 Å². The third-order valence-corrected chi connectivity index (χ3v) is 4.08. The summed E-state index contributed by atoms with van der Waals surface area (Å²) in [5.74, 6) is -0.308. The van der Waals surface area contributed by atoms with Crippen molar-refractivity contribution < 1.29 is 19.1 Å². The van der Waals surface area contributed by atoms with Crippen LogP contribution in [0.5, 0.6) is 5.75 Å². The Hall–Kier alpha value is -2.05. The molecule has 0 saturated heterocycles. The molecule has 0 saturated carbocycles. The van der Waals surface area contributed by atoms with Crippen molar-refractivity contribution >= 4 is 45.1 Å². The van der Waals surface area contributed by atoms with Crippen molar-refractivity contribution in [1.82, 2.24) is 0 Å². The summed E-state index contributed by atoms with van der Waals surface area (Å²) >= 11 is 9.34. The maximum Gasteiger partial charge on any atom is 0.339 e. The molecule has 0 aliphatic carbocycles. The molecular weight excluding hydrogens is 410 g/mol. The van der Waals surface area contributed by atoms with Gasteiger partial charge in [-0.3, -0.25) is 4.79 Å². The fourth-order valence-electron chi connectivity index (χ4n) is 1.98. The Morgan fingerprint density at radius 3 is 2.52 bits per heavy atom. The third-order valence-electron chi connectivity index (χ3n) is 3.22. The van der Waals surface area contributed by atoms with Crippen molar-refractivity contribution in [3.05, 3.63) is 57.5 Å². The molecule has 25 heavy (non-hydrogen) atoms. The molecule has 1 N–H and O–H groups in total. The van der Waals surface area contributed by atoms with Crippen molar-refractivity contribution in [2.75, 3.05) is 11.9 Å². The van der Waals surface area contributed by atoms with E-state index in [0.717, 1.165) is 4.47 Å². The van der Waals surface area contributed by atoms with E-state index in [1.807, 2.05) is 12.1 Å². The summed E-state index contributed by atoms with van der Waals surface area (Å²) < 4.78 is 11.5. The third kappa shape index (κ3) is 5.47. The molecule has 1 amide bonds. The number of benzene rings is 2. The van der Waals surface area contributed by atoms with Crippen LogP contribution >= 0.6 is 27.5 Å². The maximum absolute atomic E-state index is 12.3. The van der Waals surface area contributed by atoms with Gasteiger partial charge in [-0.1, -0.05) is 27.5 Å². The van der Waals surface area contributed by atoms with Crippen LogP contribution < -0.4 is 10.1 Å². The minimum Gasteiger partial charge on any atom is -0.481 e. The van der Waals surface area contributed by atoms with Gasteiger partial charge < -0.3 is 14.8 Å². The first kappa shape index (κ1) is 19.3. The van der Waals surface area contributed by atoms with E-state index in [1.165, 1.54) is 12.1 Å². The van der Waals surface area contributed by atoms with Gasteiger partial charge in [-0.15, -0.1) is 0 Å². The number of esters is 1. The normalized spacial score (nSPS) is 11.5. The molecule has 0 aliphatic heterocycles. The Morgan fingerprint density at radius 2 is 1.88 bits per heavy atom. The molecule has 0 aromatic heterocycles. The number of ether oxygens (including phenoxy) is 2. The van der Waals surface area contributed by atoms with Crippen molar-refractivity contribution in [2.24, 2.45) is 0 Å². The van der Waals surface area contributed by atoms with Crippen LogP contribution in [-0.4, -0.2) is 24.6 Å². The number of amides is 1. The van der Waals surface area contributed by atoms with Gasteiger partial charge in [0, 0.05) is 10.2 Å². The van der Waals surface area contributed by atoms with Crippen molar-refractivity contribution in [3.63, 3.8) is 0 Å². The van der Waals surface area contributed by atoms with Crippen molar-refractivity contribution in [3.8, 4) is 5.75 Å². The number of rotatable bonds is 6. The Morgan fingerprint density at radius 1 is 1.20 bits per heavy atom. The molecule has 0 heterocycles. The van der Waals surface area contributed by atoms with Crippen LogP contribution in [-0.2, 0) is 9.53 Å². The summed E-state index contributed by atoms with van der Waals surface area (Å²) in [5, 5.41) is 2.96. The zero-order chi connectivity index (χ0) is 18.4. The number of halogens is 2. The highest BCUT2D eigenvalue weighted by atomic mass is 79.9. The first-order valence-electron chi connectivity index (χ1n) is 7.60. The SMILES string of the molecule is CCOC(=O)c1cc(NC(=O)[C@@H](C)Oc2ccc(Br)cc2)ccc1Cl. The van der Waals surface area contributed by atoms with Crippen LogP contribution in [0, 0.1) is 0 Å². The zero-order valence-corrected chi connectivity index (χ0v) is 16.1. The molecule has 0 unspecified atom stereocenters. The van der Waals surface area contributed by atoms with Crippen molar-refractivity contribution in [1.29, 1.82) is 0 Å². The molecule has 0 radical (unpaired) electrons. The molecule has 0 aliphatic rings. The van der Waals surface area contributed by atoms with E-state index in [2.05, 4.69) is 21.2 Å². The minimum absolute atomic E-state index is 0.197. The number of nitrogens with one attached hydrogen (secondary N) is 1. The quantitative estimate of drug-likeness (QED) is 0.681. The Labute approximate surface area is 159 Å². The highest BCUT2D eigenvalue weighted by Crippen LogP contribution is 2.22. The zero-order valence-electron chi connectivity index (χ0n) is 13.7. The van der Waals surface area contributed by atoms with Gasteiger partial charge in [0.1, 0.15) is 5.75 Å². The van der Waals surface area contributed by atoms with E-state index >= 15 is 0 Å². The topological polar surface area (TPSA) is 64.6 Å². The summed E-state index contributed by atoms with van der Waals surface area (Å²) in [6, 6.07) is 11.8. The largest absolute Gasteiger partial charge is 0.481 e. The van der Waals surface area contributed by atoms with Crippen LogP contribution in [0.4, 0.5) is 5.69 Å². The lowest BCUT2D eigenvalue weighted by Crippen LogP contribution is -2.30. The molecule has 2 aromatic carbocycles. The maximum atomic E-state index is 12.3. The molecular formula is C18H17BrClNO4. The lowest BCUT2D eigenvalue weighted by Gasteiger charge is -2.15. The van der Waals surface area contributed by atoms with E-state index in [0.29, 0.717) is 11.4 Å². The molecule has 0 bridgehead atoms. The lowest BCUT2D eigenvalue weighted by atomic mass is 10.2. The number of hydrogen-bond donors (Lipinski definition) is 1. The predicted molar refractivity (Wildman–Crippen MR) is 100 cm³/mol. The van der Waals surface area contributed by atoms with Gasteiger partial charge in [-0.05, 0) is 56.3 Å². The second kappa shape index (κ2) is 8.87. The second-order valence-electron chi connectivity index (χ2n) is 5.12. The summed E-state index contributed by atoms with van der Waals surface area (Å²) in [6.45, 7) is 3.59. The second-order valence-corrected chi connectivity index (χ2v) is 6.44. The van der Waals surface area contributed by atoms with Crippen LogP contribution in [0.15, 0.2) is 46.9 Å². The standard InChI is InChI=1S/C18H17BrClNO4/c1-3-24-18(23)15-10-13(6-9-16(15)20)21-17(22)11(2)25-14-7-4-12(19)5-8-14/h4-11H,3H2,1-2H3,(H,21,22)/t11-/m1/s1. The number of carbonyl (C=O) groups excluding carboxylic acids is 2. The molecule has 7 heteroatoms. The highest BCUT2D eigenvalue weighted by molar-refractivity contribution is 9.10. The molecule has 0 fully saturated rings. The van der Waals surface area contributed by atoms with E-state index in [-0.39, 0.29) is 23.1 Å². The number of hydrogen-bond acceptors (Lipinski definition) is 4. The lowest BCUT2D eigenvalue weighted by molar-refractivity contribution is -0.122. The van der Waals surface area contributed by atoms with Crippen LogP contribution in [0.2, 0.25) is 5.02 Å². The number of carbonyl (C=O) groups is 2. The molecule has 2 rings (SSSR count). The van der Waals surface area contributed by atoms with E-state index < -0.39 is 12.1 Å². The molecule has 2 aromatic rings. The summed E-state index contributed by atoms with van der Waals surface area (Å²) in [5.41, 5.74) is 0.631. The van der Waals surface area contributed by atoms with E-state index in [4.69, 9.17) is 21.1 Å². The van der Waals surface area contributed by atoms with Crippen LogP contribution in [0.25, 0.3) is 0 Å². The smallest absolute Gasteiger partial charge is 0.339 e. The average Bonchev–Trinajstić information content (AvgIpc) is 2.58. The Bertz CT molecular complexity index is 764.